The third-order valence-electron chi connectivity index (χ3n) is 4.96. The van der Waals surface area contributed by atoms with E-state index < -0.39 is 0 Å². The monoisotopic (exact) mass is 332 g/mol. The molecule has 2 saturated heterocycles. The van der Waals surface area contributed by atoms with Crippen LogP contribution in [0.1, 0.15) is 38.3 Å². The van der Waals surface area contributed by atoms with Crippen LogP contribution in [0.25, 0.3) is 0 Å². The first-order valence-corrected chi connectivity index (χ1v) is 8.46. The van der Waals surface area contributed by atoms with Gasteiger partial charge in [-0.1, -0.05) is 12.1 Å². The summed E-state index contributed by atoms with van der Waals surface area (Å²) >= 11 is 0. The highest BCUT2D eigenvalue weighted by Gasteiger charge is 2.49. The number of carbonyl (C=O) groups excluding carboxylic acids is 2. The Morgan fingerprint density at radius 3 is 2.67 bits per heavy atom. The number of ether oxygens (including phenoxy) is 2. The van der Waals surface area contributed by atoms with E-state index in [2.05, 4.69) is 5.01 Å². The van der Waals surface area contributed by atoms with Crippen molar-refractivity contribution in [2.75, 3.05) is 20.3 Å². The molecule has 6 heteroatoms. The zero-order valence-electron chi connectivity index (χ0n) is 14.4. The maximum atomic E-state index is 12.3. The molecule has 3 rings (SSSR count). The number of methoxy groups -OCH3 is 1. The number of hydrazine groups is 1. The van der Waals surface area contributed by atoms with Gasteiger partial charge in [-0.3, -0.25) is 14.6 Å². The molecule has 0 aliphatic carbocycles. The molecule has 0 radical (unpaired) electrons. The van der Waals surface area contributed by atoms with Crippen LogP contribution in [0, 0.1) is 5.92 Å². The lowest BCUT2D eigenvalue weighted by Gasteiger charge is -2.29. The van der Waals surface area contributed by atoms with Gasteiger partial charge in [0.25, 0.3) is 0 Å². The summed E-state index contributed by atoms with van der Waals surface area (Å²) in [4.78, 5) is 24.5. The molecule has 2 aliphatic heterocycles. The summed E-state index contributed by atoms with van der Waals surface area (Å²) in [6.45, 7) is 4.70. The van der Waals surface area contributed by atoms with Crippen molar-refractivity contribution in [3.63, 3.8) is 0 Å². The molecule has 0 N–H and O–H groups in total. The zero-order valence-corrected chi connectivity index (χ0v) is 14.4. The minimum Gasteiger partial charge on any atom is -0.497 e. The lowest BCUT2D eigenvalue weighted by molar-refractivity contribution is -0.153. The van der Waals surface area contributed by atoms with E-state index in [-0.39, 0.29) is 29.9 Å². The molecule has 2 fully saturated rings. The number of fused-ring (bicyclic) bond motifs is 1. The van der Waals surface area contributed by atoms with Crippen LogP contribution in [-0.4, -0.2) is 48.2 Å². The van der Waals surface area contributed by atoms with E-state index in [0.717, 1.165) is 17.7 Å². The van der Waals surface area contributed by atoms with Crippen LogP contribution in [0.2, 0.25) is 0 Å². The third-order valence-corrected chi connectivity index (χ3v) is 4.96. The van der Waals surface area contributed by atoms with Crippen molar-refractivity contribution in [3.05, 3.63) is 29.8 Å². The van der Waals surface area contributed by atoms with Gasteiger partial charge < -0.3 is 9.47 Å². The van der Waals surface area contributed by atoms with Crippen LogP contribution < -0.4 is 4.74 Å². The molecule has 0 aromatic heterocycles. The molecule has 6 nitrogen and oxygen atoms in total. The first kappa shape index (κ1) is 16.8. The second-order valence-electron chi connectivity index (χ2n) is 6.28. The quantitative estimate of drug-likeness (QED) is 0.773. The summed E-state index contributed by atoms with van der Waals surface area (Å²) in [5.41, 5.74) is 1.13. The number of nitrogens with zero attached hydrogens (tertiary/aromatic N) is 2. The van der Waals surface area contributed by atoms with Crippen molar-refractivity contribution in [1.82, 2.24) is 10.0 Å². The van der Waals surface area contributed by atoms with Crippen molar-refractivity contribution in [3.8, 4) is 5.75 Å². The van der Waals surface area contributed by atoms with Crippen molar-refractivity contribution >= 4 is 11.9 Å². The topological polar surface area (TPSA) is 59.1 Å². The Morgan fingerprint density at radius 1 is 1.33 bits per heavy atom. The smallest absolute Gasteiger partial charge is 0.310 e. The molecule has 2 aliphatic rings. The predicted octanol–water partition coefficient (Wildman–Crippen LogP) is 2.16. The number of esters is 1. The lowest BCUT2D eigenvalue weighted by atomic mass is 9.93. The largest absolute Gasteiger partial charge is 0.497 e. The van der Waals surface area contributed by atoms with Gasteiger partial charge in [0.1, 0.15) is 5.75 Å². The normalized spacial score (nSPS) is 24.8. The summed E-state index contributed by atoms with van der Waals surface area (Å²) in [6.07, 6.45) is 1.23. The number of hydrogen-bond acceptors (Lipinski definition) is 5. The Kier molecular flexibility index (Phi) is 4.76. The Balaban J connectivity index is 1.84. The van der Waals surface area contributed by atoms with E-state index in [1.165, 1.54) is 0 Å². The van der Waals surface area contributed by atoms with Crippen LogP contribution in [0.3, 0.4) is 0 Å². The highest BCUT2D eigenvalue weighted by atomic mass is 16.5. The van der Waals surface area contributed by atoms with E-state index in [9.17, 15) is 9.59 Å². The van der Waals surface area contributed by atoms with E-state index in [1.807, 2.05) is 31.2 Å². The zero-order chi connectivity index (χ0) is 17.3. The maximum Gasteiger partial charge on any atom is 0.310 e. The number of amides is 1. The third kappa shape index (κ3) is 2.86. The lowest BCUT2D eigenvalue weighted by Crippen LogP contribution is -2.43. The van der Waals surface area contributed by atoms with E-state index in [0.29, 0.717) is 19.6 Å². The molecule has 3 atom stereocenters. The Bertz CT molecular complexity index is 616. The molecule has 130 valence electrons. The summed E-state index contributed by atoms with van der Waals surface area (Å²) < 4.78 is 10.4. The van der Waals surface area contributed by atoms with Crippen LogP contribution in [-0.2, 0) is 14.3 Å². The van der Waals surface area contributed by atoms with Gasteiger partial charge in [0.15, 0.2) is 0 Å². The molecule has 24 heavy (non-hydrogen) atoms. The van der Waals surface area contributed by atoms with Gasteiger partial charge in [-0.15, -0.1) is 0 Å². The molecular weight excluding hydrogens is 308 g/mol. The number of rotatable bonds is 5. The molecule has 1 amide bonds. The van der Waals surface area contributed by atoms with Gasteiger partial charge in [0, 0.05) is 13.0 Å². The van der Waals surface area contributed by atoms with Crippen molar-refractivity contribution in [2.24, 2.45) is 5.92 Å². The first-order valence-electron chi connectivity index (χ1n) is 8.46. The number of carbonyl (C=O) groups is 2. The van der Waals surface area contributed by atoms with Gasteiger partial charge in [-0.25, -0.2) is 5.01 Å². The van der Waals surface area contributed by atoms with Gasteiger partial charge in [-0.2, -0.15) is 0 Å². The summed E-state index contributed by atoms with van der Waals surface area (Å²) in [6, 6.07) is 7.87. The first-order chi connectivity index (χ1) is 11.6. The molecular formula is C18H24N2O4. The number of benzene rings is 1. The molecule has 2 heterocycles. The van der Waals surface area contributed by atoms with Crippen LogP contribution >= 0.6 is 0 Å². The molecule has 1 aromatic rings. The summed E-state index contributed by atoms with van der Waals surface area (Å²) in [7, 11) is 1.64. The summed E-state index contributed by atoms with van der Waals surface area (Å²) in [5, 5.41) is 3.89. The highest BCUT2D eigenvalue weighted by Crippen LogP contribution is 2.42. The second-order valence-corrected chi connectivity index (χ2v) is 6.28. The maximum absolute atomic E-state index is 12.3. The summed E-state index contributed by atoms with van der Waals surface area (Å²) in [5.74, 6) is 0.324. The Morgan fingerprint density at radius 2 is 2.04 bits per heavy atom. The van der Waals surface area contributed by atoms with Gasteiger partial charge in [0.05, 0.1) is 31.7 Å². The second kappa shape index (κ2) is 6.81. The van der Waals surface area contributed by atoms with Gasteiger partial charge >= 0.3 is 5.97 Å². The number of hydrogen-bond donors (Lipinski definition) is 0. The Labute approximate surface area is 142 Å². The average Bonchev–Trinajstić information content (AvgIpc) is 3.16. The highest BCUT2D eigenvalue weighted by molar-refractivity contribution is 5.80. The van der Waals surface area contributed by atoms with Crippen LogP contribution in [0.15, 0.2) is 24.3 Å². The fourth-order valence-corrected chi connectivity index (χ4v) is 3.69. The standard InChI is InChI=1S/C18H24N2O4/c1-4-24-18(22)12(2)15-11-16(19-10-9-17(21)20(15)19)13-5-7-14(23-3)8-6-13/h5-8,12,15-16H,4,9-11H2,1-3H3/t12?,15-,16+/m0/s1. The van der Waals surface area contributed by atoms with Gasteiger partial charge in [-0.05, 0) is 38.0 Å². The fourth-order valence-electron chi connectivity index (χ4n) is 3.69. The SMILES string of the molecule is CCOC(=O)C(C)[C@@H]1C[C@H](c2ccc(OC)cc2)N2CCC(=O)N12. The van der Waals surface area contributed by atoms with Crippen LogP contribution in [0.4, 0.5) is 0 Å². The minimum absolute atomic E-state index is 0.0900. The fraction of sp³-hybridized carbons (Fsp3) is 0.556. The van der Waals surface area contributed by atoms with E-state index >= 15 is 0 Å². The Hall–Kier alpha value is -2.08. The van der Waals surface area contributed by atoms with E-state index in [1.54, 1.807) is 19.0 Å². The minimum atomic E-state index is -0.335. The molecule has 0 saturated carbocycles. The van der Waals surface area contributed by atoms with E-state index in [4.69, 9.17) is 9.47 Å². The molecule has 0 spiro atoms. The molecule has 0 bridgehead atoms. The van der Waals surface area contributed by atoms with Crippen molar-refractivity contribution in [1.29, 1.82) is 0 Å². The molecule has 1 unspecified atom stereocenters. The molecule has 1 aromatic carbocycles. The van der Waals surface area contributed by atoms with Gasteiger partial charge in [0.2, 0.25) is 5.91 Å². The van der Waals surface area contributed by atoms with Crippen molar-refractivity contribution < 1.29 is 19.1 Å². The predicted molar refractivity (Wildman–Crippen MR) is 88.1 cm³/mol. The van der Waals surface area contributed by atoms with Crippen LogP contribution in [0.5, 0.6) is 5.75 Å². The van der Waals surface area contributed by atoms with Crippen molar-refractivity contribution in [2.45, 2.75) is 38.8 Å². The average molecular weight is 332 g/mol.